The third kappa shape index (κ3) is 1.24. The average Bonchev–Trinajstić information content (AvgIpc) is 2.34. The SMILES string of the molecule is Cc1ccsc1C(C)N=N. The monoisotopic (exact) mass is 154 g/mol. The molecule has 0 amide bonds. The van der Waals surface area contributed by atoms with Crippen molar-refractivity contribution >= 4 is 11.3 Å². The zero-order chi connectivity index (χ0) is 7.56. The van der Waals surface area contributed by atoms with E-state index in [1.165, 1.54) is 10.4 Å². The average molecular weight is 154 g/mol. The fraction of sp³-hybridized carbons (Fsp3) is 0.429. The summed E-state index contributed by atoms with van der Waals surface area (Å²) in [6.45, 7) is 3.99. The summed E-state index contributed by atoms with van der Waals surface area (Å²) in [7, 11) is 0. The quantitative estimate of drug-likeness (QED) is 0.635. The maximum Gasteiger partial charge on any atom is 0.102 e. The first-order valence-electron chi connectivity index (χ1n) is 3.16. The topological polar surface area (TPSA) is 36.2 Å². The molecule has 1 N–H and O–H groups in total. The predicted molar refractivity (Wildman–Crippen MR) is 42.6 cm³/mol. The molecule has 0 saturated carbocycles. The molecule has 0 aromatic carbocycles. The van der Waals surface area contributed by atoms with E-state index in [1.54, 1.807) is 11.3 Å². The summed E-state index contributed by atoms with van der Waals surface area (Å²) >= 11 is 1.67. The third-order valence-corrected chi connectivity index (χ3v) is 2.66. The van der Waals surface area contributed by atoms with Crippen molar-refractivity contribution in [3.63, 3.8) is 0 Å². The maximum absolute atomic E-state index is 6.81. The van der Waals surface area contributed by atoms with Crippen LogP contribution in [0.25, 0.3) is 0 Å². The van der Waals surface area contributed by atoms with Crippen LogP contribution in [0.2, 0.25) is 0 Å². The van der Waals surface area contributed by atoms with E-state index in [0.717, 1.165) is 0 Å². The lowest BCUT2D eigenvalue weighted by molar-refractivity contribution is 0.743. The Bertz CT molecular complexity index is 229. The first-order valence-corrected chi connectivity index (χ1v) is 4.04. The van der Waals surface area contributed by atoms with E-state index < -0.39 is 0 Å². The van der Waals surface area contributed by atoms with Gasteiger partial charge in [-0.2, -0.15) is 5.11 Å². The maximum atomic E-state index is 6.81. The van der Waals surface area contributed by atoms with Crippen molar-refractivity contribution in [3.05, 3.63) is 21.9 Å². The minimum atomic E-state index is 0.0417. The molecule has 0 saturated heterocycles. The Morgan fingerprint density at radius 2 is 2.40 bits per heavy atom. The Kier molecular flexibility index (Phi) is 2.17. The van der Waals surface area contributed by atoms with Gasteiger partial charge in [-0.1, -0.05) is 0 Å². The van der Waals surface area contributed by atoms with E-state index in [1.807, 2.05) is 19.2 Å². The van der Waals surface area contributed by atoms with Crippen molar-refractivity contribution in [2.45, 2.75) is 19.9 Å². The standard InChI is InChI=1S/C7H10N2S/c1-5-3-4-10-7(5)6(2)9-8/h3-4,6,8H,1-2H3. The first kappa shape index (κ1) is 7.41. The molecular formula is C7H10N2S. The van der Waals surface area contributed by atoms with Gasteiger partial charge in [0.15, 0.2) is 0 Å². The van der Waals surface area contributed by atoms with Gasteiger partial charge in [0, 0.05) is 4.88 Å². The second-order valence-corrected chi connectivity index (χ2v) is 3.22. The van der Waals surface area contributed by atoms with Gasteiger partial charge in [-0.15, -0.1) is 11.3 Å². The van der Waals surface area contributed by atoms with Gasteiger partial charge in [-0.3, -0.25) is 0 Å². The van der Waals surface area contributed by atoms with Gasteiger partial charge in [0.1, 0.15) is 6.04 Å². The fourth-order valence-electron chi connectivity index (χ4n) is 0.871. The Morgan fingerprint density at radius 3 is 2.80 bits per heavy atom. The number of hydrogen-bond donors (Lipinski definition) is 1. The highest BCUT2D eigenvalue weighted by molar-refractivity contribution is 7.10. The Balaban J connectivity index is 2.92. The van der Waals surface area contributed by atoms with Crippen LogP contribution in [0.5, 0.6) is 0 Å². The van der Waals surface area contributed by atoms with Crippen molar-refractivity contribution < 1.29 is 0 Å². The summed E-state index contributed by atoms with van der Waals surface area (Å²) in [5.41, 5.74) is 8.06. The van der Waals surface area contributed by atoms with Gasteiger partial charge >= 0.3 is 0 Å². The van der Waals surface area contributed by atoms with Crippen LogP contribution in [0, 0.1) is 12.5 Å². The normalized spacial score (nSPS) is 13.0. The fourth-order valence-corrected chi connectivity index (χ4v) is 1.79. The van der Waals surface area contributed by atoms with E-state index in [-0.39, 0.29) is 6.04 Å². The zero-order valence-corrected chi connectivity index (χ0v) is 6.90. The molecule has 1 rings (SSSR count). The molecule has 0 aliphatic carbocycles. The zero-order valence-electron chi connectivity index (χ0n) is 6.09. The molecule has 0 radical (unpaired) electrons. The predicted octanol–water partition coefficient (Wildman–Crippen LogP) is 3.15. The van der Waals surface area contributed by atoms with Crippen LogP contribution in [-0.2, 0) is 0 Å². The van der Waals surface area contributed by atoms with E-state index in [0.29, 0.717) is 0 Å². The van der Waals surface area contributed by atoms with Crippen molar-refractivity contribution in [3.8, 4) is 0 Å². The lowest BCUT2D eigenvalue weighted by atomic mass is 10.2. The van der Waals surface area contributed by atoms with E-state index in [9.17, 15) is 0 Å². The number of rotatable bonds is 2. The molecule has 0 aliphatic heterocycles. The smallest absolute Gasteiger partial charge is 0.102 e. The first-order chi connectivity index (χ1) is 4.75. The molecule has 2 nitrogen and oxygen atoms in total. The summed E-state index contributed by atoms with van der Waals surface area (Å²) in [6, 6.07) is 2.10. The number of aryl methyl sites for hydroxylation is 1. The summed E-state index contributed by atoms with van der Waals surface area (Å²) in [5.74, 6) is 0. The van der Waals surface area contributed by atoms with Crippen LogP contribution < -0.4 is 0 Å². The van der Waals surface area contributed by atoms with Crippen molar-refractivity contribution in [2.75, 3.05) is 0 Å². The van der Waals surface area contributed by atoms with Gasteiger partial charge in [-0.05, 0) is 30.9 Å². The Hall–Kier alpha value is -0.700. The number of thiophene rings is 1. The molecule has 1 unspecified atom stereocenters. The molecule has 1 atom stereocenters. The largest absolute Gasteiger partial charge is 0.209 e. The molecule has 1 aromatic heterocycles. The van der Waals surface area contributed by atoms with Crippen LogP contribution >= 0.6 is 11.3 Å². The molecular weight excluding hydrogens is 144 g/mol. The van der Waals surface area contributed by atoms with Crippen molar-refractivity contribution in [2.24, 2.45) is 5.11 Å². The summed E-state index contributed by atoms with van der Waals surface area (Å²) in [4.78, 5) is 1.20. The molecule has 1 heterocycles. The second-order valence-electron chi connectivity index (χ2n) is 2.27. The third-order valence-electron chi connectivity index (χ3n) is 1.47. The van der Waals surface area contributed by atoms with Crippen molar-refractivity contribution in [1.82, 2.24) is 0 Å². The van der Waals surface area contributed by atoms with Crippen LogP contribution in [0.3, 0.4) is 0 Å². The van der Waals surface area contributed by atoms with Gasteiger partial charge in [-0.25, -0.2) is 5.53 Å². The van der Waals surface area contributed by atoms with Gasteiger partial charge in [0.05, 0.1) is 0 Å². The minimum absolute atomic E-state index is 0.0417. The lowest BCUT2D eigenvalue weighted by Crippen LogP contribution is -1.84. The molecule has 0 spiro atoms. The highest BCUT2D eigenvalue weighted by atomic mass is 32.1. The van der Waals surface area contributed by atoms with Crippen LogP contribution in [0.15, 0.2) is 16.6 Å². The number of hydrogen-bond acceptors (Lipinski definition) is 3. The molecule has 54 valence electrons. The highest BCUT2D eigenvalue weighted by Gasteiger charge is 2.06. The van der Waals surface area contributed by atoms with E-state index in [4.69, 9.17) is 5.53 Å². The van der Waals surface area contributed by atoms with Crippen molar-refractivity contribution in [1.29, 1.82) is 5.53 Å². The van der Waals surface area contributed by atoms with Gasteiger partial charge in [0.2, 0.25) is 0 Å². The Labute approximate surface area is 64.4 Å². The lowest BCUT2D eigenvalue weighted by Gasteiger charge is -2.00. The van der Waals surface area contributed by atoms with Gasteiger partial charge in [0.25, 0.3) is 0 Å². The van der Waals surface area contributed by atoms with E-state index in [2.05, 4.69) is 11.2 Å². The summed E-state index contributed by atoms with van der Waals surface area (Å²) in [5, 5.41) is 5.49. The minimum Gasteiger partial charge on any atom is -0.209 e. The molecule has 3 heteroatoms. The summed E-state index contributed by atoms with van der Waals surface area (Å²) in [6.07, 6.45) is 0. The molecule has 1 aromatic rings. The summed E-state index contributed by atoms with van der Waals surface area (Å²) < 4.78 is 0. The van der Waals surface area contributed by atoms with Crippen LogP contribution in [0.1, 0.15) is 23.4 Å². The van der Waals surface area contributed by atoms with Crippen LogP contribution in [-0.4, -0.2) is 0 Å². The van der Waals surface area contributed by atoms with Crippen LogP contribution in [0.4, 0.5) is 0 Å². The molecule has 10 heavy (non-hydrogen) atoms. The van der Waals surface area contributed by atoms with E-state index >= 15 is 0 Å². The molecule has 0 bridgehead atoms. The number of nitrogens with zero attached hydrogens (tertiary/aromatic N) is 1. The Morgan fingerprint density at radius 1 is 1.70 bits per heavy atom. The molecule has 0 fully saturated rings. The van der Waals surface area contributed by atoms with Gasteiger partial charge < -0.3 is 0 Å². The number of nitrogens with one attached hydrogen (secondary N) is 1. The highest BCUT2D eigenvalue weighted by Crippen LogP contribution is 2.25. The second kappa shape index (κ2) is 2.92. The molecule has 0 aliphatic rings.